The van der Waals surface area contributed by atoms with E-state index in [1.54, 1.807) is 13.4 Å². The van der Waals surface area contributed by atoms with E-state index >= 15 is 0 Å². The molecule has 7 heteroatoms. The molecular weight excluding hydrogens is 544 g/mol. The Hall–Kier alpha value is -1.86. The lowest BCUT2D eigenvalue weighted by Gasteiger charge is -2.45. The zero-order valence-electron chi connectivity index (χ0n) is 23.4. The van der Waals surface area contributed by atoms with Crippen molar-refractivity contribution in [2.75, 3.05) is 44.1 Å². The second kappa shape index (κ2) is 13.5. The van der Waals surface area contributed by atoms with Crippen LogP contribution >= 0.6 is 15.9 Å². The Morgan fingerprint density at radius 1 is 1.11 bits per heavy atom. The molecule has 0 N–H and O–H groups in total. The first-order valence-corrected chi connectivity index (χ1v) is 15.7. The van der Waals surface area contributed by atoms with Gasteiger partial charge in [-0.15, -0.1) is 0 Å². The van der Waals surface area contributed by atoms with Gasteiger partial charge in [0.25, 0.3) is 0 Å². The summed E-state index contributed by atoms with van der Waals surface area (Å²) in [7, 11) is 3.00. The van der Waals surface area contributed by atoms with Crippen LogP contribution in [0.4, 0.5) is 5.69 Å². The van der Waals surface area contributed by atoms with Crippen LogP contribution in [-0.2, 0) is 24.5 Å². The molecule has 4 atom stereocenters. The number of hydrogen-bond donors (Lipinski definition) is 0. The maximum atomic E-state index is 14.4. The fraction of sp³-hybridized carbons (Fsp3) is 0.677. The Morgan fingerprint density at radius 2 is 1.82 bits per heavy atom. The van der Waals surface area contributed by atoms with Gasteiger partial charge < -0.3 is 14.4 Å². The SMILES string of the molecule is CC[C@H]1CN2CC[C@]3(C(=O)N(CCCCCCCCCBr)c4ccccc43)C2C[C@@H]1/C(=C\OC)C(=O)OC. The Morgan fingerprint density at radius 3 is 2.50 bits per heavy atom. The Labute approximate surface area is 237 Å². The normalized spacial score (nSPS) is 27.1. The van der Waals surface area contributed by atoms with Gasteiger partial charge in [-0.1, -0.05) is 79.6 Å². The van der Waals surface area contributed by atoms with Crippen molar-refractivity contribution in [1.29, 1.82) is 0 Å². The summed E-state index contributed by atoms with van der Waals surface area (Å²) < 4.78 is 10.5. The monoisotopic (exact) mass is 588 g/mol. The highest BCUT2D eigenvalue weighted by atomic mass is 79.9. The van der Waals surface area contributed by atoms with Gasteiger partial charge in [0.05, 0.1) is 31.5 Å². The van der Waals surface area contributed by atoms with E-state index in [1.807, 2.05) is 0 Å². The zero-order valence-corrected chi connectivity index (χ0v) is 25.0. The van der Waals surface area contributed by atoms with E-state index in [1.165, 1.54) is 44.8 Å². The molecule has 4 rings (SSSR count). The van der Waals surface area contributed by atoms with Crippen molar-refractivity contribution >= 4 is 33.5 Å². The number of rotatable bonds is 13. The number of para-hydroxylation sites is 1. The van der Waals surface area contributed by atoms with Crippen molar-refractivity contribution in [3.05, 3.63) is 41.7 Å². The van der Waals surface area contributed by atoms with Crippen molar-refractivity contribution in [3.8, 4) is 0 Å². The summed E-state index contributed by atoms with van der Waals surface area (Å²) in [5.41, 5.74) is 2.32. The number of carbonyl (C=O) groups is 2. The summed E-state index contributed by atoms with van der Waals surface area (Å²) in [6, 6.07) is 8.50. The van der Waals surface area contributed by atoms with E-state index in [4.69, 9.17) is 9.47 Å². The number of unbranched alkanes of at least 4 members (excludes halogenated alkanes) is 6. The largest absolute Gasteiger partial charge is 0.504 e. The third-order valence-corrected chi connectivity index (χ3v) is 9.79. The average Bonchev–Trinajstić information content (AvgIpc) is 3.43. The number of benzene rings is 1. The molecule has 2 saturated heterocycles. The first-order valence-electron chi connectivity index (χ1n) is 14.6. The van der Waals surface area contributed by atoms with Gasteiger partial charge in [-0.3, -0.25) is 9.69 Å². The van der Waals surface area contributed by atoms with E-state index in [0.29, 0.717) is 11.5 Å². The second-order valence-electron chi connectivity index (χ2n) is 11.2. The van der Waals surface area contributed by atoms with Crippen LogP contribution in [0.5, 0.6) is 0 Å². The second-order valence-corrected chi connectivity index (χ2v) is 12.0. The van der Waals surface area contributed by atoms with Crippen LogP contribution in [0.15, 0.2) is 36.1 Å². The molecule has 0 saturated carbocycles. The number of alkyl halides is 1. The summed E-state index contributed by atoms with van der Waals surface area (Å²) in [6.45, 7) is 4.77. The summed E-state index contributed by atoms with van der Waals surface area (Å²) in [4.78, 5) is 31.8. The maximum absolute atomic E-state index is 14.4. The van der Waals surface area contributed by atoms with Crippen molar-refractivity contribution in [3.63, 3.8) is 0 Å². The molecule has 38 heavy (non-hydrogen) atoms. The highest BCUT2D eigenvalue weighted by Gasteiger charge is 2.62. The van der Waals surface area contributed by atoms with Crippen molar-refractivity contribution < 1.29 is 19.1 Å². The van der Waals surface area contributed by atoms with Crippen LogP contribution in [0.25, 0.3) is 0 Å². The number of ether oxygens (including phenoxy) is 2. The minimum Gasteiger partial charge on any atom is -0.504 e. The van der Waals surface area contributed by atoms with Crippen LogP contribution in [0.3, 0.4) is 0 Å². The van der Waals surface area contributed by atoms with E-state index in [-0.39, 0.29) is 23.8 Å². The molecule has 1 unspecified atom stereocenters. The molecule has 6 nitrogen and oxygen atoms in total. The Bertz CT molecular complexity index is 998. The molecule has 1 spiro atoms. The molecule has 1 aromatic carbocycles. The molecule has 3 heterocycles. The van der Waals surface area contributed by atoms with Crippen LogP contribution in [0.1, 0.15) is 76.7 Å². The van der Waals surface area contributed by atoms with Crippen molar-refractivity contribution in [2.45, 2.75) is 82.6 Å². The lowest BCUT2D eigenvalue weighted by atomic mass is 9.67. The predicted octanol–water partition coefficient (Wildman–Crippen LogP) is 6.22. The lowest BCUT2D eigenvalue weighted by molar-refractivity contribution is -0.137. The Kier molecular flexibility index (Phi) is 10.3. The van der Waals surface area contributed by atoms with E-state index in [0.717, 1.165) is 62.8 Å². The number of anilines is 1. The van der Waals surface area contributed by atoms with Gasteiger partial charge >= 0.3 is 5.97 Å². The van der Waals surface area contributed by atoms with Crippen molar-refractivity contribution in [1.82, 2.24) is 4.90 Å². The number of nitrogens with zero attached hydrogens (tertiary/aromatic N) is 2. The molecule has 3 aliphatic heterocycles. The van der Waals surface area contributed by atoms with Gasteiger partial charge in [0.15, 0.2) is 0 Å². The maximum Gasteiger partial charge on any atom is 0.337 e. The number of hydrogen-bond acceptors (Lipinski definition) is 5. The number of piperidine rings is 1. The molecule has 1 amide bonds. The molecular formula is C31H45BrN2O4. The first-order chi connectivity index (χ1) is 18.5. The van der Waals surface area contributed by atoms with Crippen LogP contribution in [0, 0.1) is 11.8 Å². The summed E-state index contributed by atoms with van der Waals surface area (Å²) in [5.74, 6) is 0.247. The van der Waals surface area contributed by atoms with Crippen LogP contribution in [-0.4, -0.2) is 62.0 Å². The lowest BCUT2D eigenvalue weighted by Crippen LogP contribution is -2.55. The topological polar surface area (TPSA) is 59.1 Å². The standard InChI is InChI=1S/C31H45BrN2O4/c1-4-23-21-33-19-16-31(28(33)20-24(23)25(22-37-2)29(35)38-3)26-14-10-11-15-27(26)34(30(31)36)18-13-9-7-5-6-8-12-17-32/h10-11,14-15,22-24,28H,4-9,12-13,16-21H2,1-3H3/b25-22+/t23-,24-,28?,31+/m0/s1. The minimum absolute atomic E-state index is 0.00202. The number of esters is 1. The van der Waals surface area contributed by atoms with Crippen molar-refractivity contribution in [2.24, 2.45) is 11.8 Å². The molecule has 2 fully saturated rings. The fourth-order valence-electron chi connectivity index (χ4n) is 7.30. The molecule has 0 aromatic heterocycles. The van der Waals surface area contributed by atoms with Crippen LogP contribution in [0.2, 0.25) is 0 Å². The van der Waals surface area contributed by atoms with Crippen LogP contribution < -0.4 is 4.90 Å². The van der Waals surface area contributed by atoms with E-state index in [2.05, 4.69) is 56.9 Å². The number of carbonyl (C=O) groups excluding carboxylic acids is 2. The third-order valence-electron chi connectivity index (χ3n) is 9.23. The summed E-state index contributed by atoms with van der Waals surface area (Å²) in [5, 5.41) is 1.09. The van der Waals surface area contributed by atoms with Gasteiger partial charge in [-0.25, -0.2) is 4.79 Å². The molecule has 0 radical (unpaired) electrons. The van der Waals surface area contributed by atoms with Gasteiger partial charge in [0, 0.05) is 30.1 Å². The fourth-order valence-corrected chi connectivity index (χ4v) is 7.69. The number of halogens is 1. The highest BCUT2D eigenvalue weighted by molar-refractivity contribution is 9.09. The zero-order chi connectivity index (χ0) is 27.1. The average molecular weight is 590 g/mol. The summed E-state index contributed by atoms with van der Waals surface area (Å²) in [6.07, 6.45) is 12.7. The molecule has 210 valence electrons. The number of methoxy groups -OCH3 is 2. The highest BCUT2D eigenvalue weighted by Crippen LogP contribution is 2.55. The predicted molar refractivity (Wildman–Crippen MR) is 156 cm³/mol. The van der Waals surface area contributed by atoms with E-state index < -0.39 is 5.41 Å². The molecule has 1 aromatic rings. The molecule has 0 bridgehead atoms. The van der Waals surface area contributed by atoms with Gasteiger partial charge in [-0.2, -0.15) is 0 Å². The molecule has 3 aliphatic rings. The minimum atomic E-state index is -0.544. The number of amides is 1. The molecule has 0 aliphatic carbocycles. The third kappa shape index (κ3) is 5.56. The van der Waals surface area contributed by atoms with Gasteiger partial charge in [0.1, 0.15) is 0 Å². The number of fused-ring (bicyclic) bond motifs is 4. The quantitative estimate of drug-likeness (QED) is 0.0899. The summed E-state index contributed by atoms with van der Waals surface area (Å²) >= 11 is 3.51. The Balaban J connectivity index is 1.54. The van der Waals surface area contributed by atoms with Gasteiger partial charge in [0.2, 0.25) is 5.91 Å². The van der Waals surface area contributed by atoms with Gasteiger partial charge in [-0.05, 0) is 55.7 Å². The first kappa shape index (κ1) is 29.1. The smallest absolute Gasteiger partial charge is 0.337 e. The van der Waals surface area contributed by atoms with E-state index in [9.17, 15) is 9.59 Å².